The molecule has 0 fully saturated rings. The summed E-state index contributed by atoms with van der Waals surface area (Å²) in [5.74, 6) is -3.98. The Morgan fingerprint density at radius 1 is 0.378 bits per heavy atom. The Morgan fingerprint density at radius 2 is 0.695 bits per heavy atom. The summed E-state index contributed by atoms with van der Waals surface area (Å²) in [4.78, 5) is 91.4. The molecule has 12 aromatic carbocycles. The van der Waals surface area contributed by atoms with E-state index in [1.165, 1.54) is 24.3 Å². The molecule has 0 spiro atoms. The number of esters is 2. The number of rotatable bonds is 12. The highest BCUT2D eigenvalue weighted by atomic mass is 16.5. The van der Waals surface area contributed by atoms with Gasteiger partial charge in [0, 0.05) is 33.0 Å². The lowest BCUT2D eigenvalue weighted by Gasteiger charge is -2.34. The van der Waals surface area contributed by atoms with Crippen LogP contribution in [0, 0.1) is 0 Å². The van der Waals surface area contributed by atoms with E-state index in [4.69, 9.17) is 9.47 Å². The van der Waals surface area contributed by atoms with Crippen LogP contribution in [-0.2, 0) is 33.3 Å². The Morgan fingerprint density at radius 3 is 1.04 bits per heavy atom. The molecule has 2 aliphatic rings. The van der Waals surface area contributed by atoms with Crippen LogP contribution in [0.2, 0.25) is 0 Å². The van der Waals surface area contributed by atoms with E-state index in [0.717, 1.165) is 110 Å². The number of nitrogens with zero attached hydrogens (tertiary/aromatic N) is 2. The third-order valence-electron chi connectivity index (χ3n) is 18.0. The molecule has 0 saturated carbocycles. The minimum absolute atomic E-state index is 0.0241. The van der Waals surface area contributed by atoms with Gasteiger partial charge in [0.2, 0.25) is 0 Å². The highest BCUT2D eigenvalue weighted by Gasteiger charge is 2.43. The third-order valence-corrected chi connectivity index (χ3v) is 18.0. The van der Waals surface area contributed by atoms with Crippen LogP contribution in [0.4, 0.5) is 11.4 Å². The van der Waals surface area contributed by atoms with Crippen LogP contribution < -0.4 is 19.3 Å². The molecule has 12 aromatic rings. The summed E-state index contributed by atoms with van der Waals surface area (Å²) in [6.07, 6.45) is 1.28. The molecule has 0 aliphatic carbocycles. The molecule has 2 heterocycles. The van der Waals surface area contributed by atoms with Crippen molar-refractivity contribution in [2.75, 3.05) is 9.80 Å². The lowest BCUT2D eigenvalue weighted by Crippen LogP contribution is -2.44. The van der Waals surface area contributed by atoms with E-state index in [1.54, 1.807) is 24.3 Å². The molecule has 82 heavy (non-hydrogen) atoms. The molecule has 0 saturated heterocycles. The molecule has 2 aliphatic heterocycles. The minimum Gasteiger partial charge on any atom is -0.424 e. The van der Waals surface area contributed by atoms with Gasteiger partial charge in [-0.2, -0.15) is 0 Å². The molecule has 0 bridgehead atoms. The van der Waals surface area contributed by atoms with Gasteiger partial charge in [0.25, 0.3) is 23.6 Å². The van der Waals surface area contributed by atoms with Crippen LogP contribution in [0.1, 0.15) is 118 Å². The maximum atomic E-state index is 15.2. The van der Waals surface area contributed by atoms with Crippen LogP contribution in [0.5, 0.6) is 11.5 Å². The summed E-state index contributed by atoms with van der Waals surface area (Å²) in [6, 6.07) is 53.3. The average Bonchev–Trinajstić information content (AvgIpc) is 2.12. The second-order valence-electron chi connectivity index (χ2n) is 23.3. The fraction of sp³-hybridized carbons (Fsp3) is 0.167. The highest BCUT2D eigenvalue weighted by Crippen LogP contribution is 2.46. The number of hydrogen-bond acceptors (Lipinski definition) is 8. The molecule has 0 N–H and O–H groups in total. The van der Waals surface area contributed by atoms with Gasteiger partial charge in [-0.3, -0.25) is 28.8 Å². The quantitative estimate of drug-likeness (QED) is 0.0512. The number of benzene rings is 12. The van der Waals surface area contributed by atoms with Crippen LogP contribution >= 0.6 is 0 Å². The SMILES string of the molecule is CCC(C)(C)c1ccc(OC(=O)Cc2ccc3ccc4cccc5ccc2c3c45)c(N2C(=O)c3ccc4c5c(ccc(c35)C2=O)C(=O)N(c2cc(C(C)(C)CC)ccc2OC(=O)Cc2ccc3ccc5cccc6ccc2c3c56)C4=O)c1. The summed E-state index contributed by atoms with van der Waals surface area (Å²) in [7, 11) is 0. The molecule has 0 unspecified atom stereocenters. The molecule has 400 valence electrons. The van der Waals surface area contributed by atoms with Crippen LogP contribution in [0.15, 0.2) is 170 Å². The number of hydrogen-bond donors (Lipinski definition) is 0. The summed E-state index contributed by atoms with van der Waals surface area (Å²) < 4.78 is 12.5. The Hall–Kier alpha value is -9.80. The van der Waals surface area contributed by atoms with E-state index in [2.05, 4.69) is 88.4 Å². The van der Waals surface area contributed by atoms with E-state index >= 15 is 19.2 Å². The Kier molecular flexibility index (Phi) is 11.3. The Bertz CT molecular complexity index is 4410. The molecule has 0 atom stereocenters. The van der Waals surface area contributed by atoms with Crippen LogP contribution in [0.3, 0.4) is 0 Å². The van der Waals surface area contributed by atoms with Gasteiger partial charge in [-0.15, -0.1) is 0 Å². The monoisotopic (exact) mass is 1070 g/mol. The molecule has 4 amide bonds. The van der Waals surface area contributed by atoms with Crippen molar-refractivity contribution in [3.05, 3.63) is 214 Å². The van der Waals surface area contributed by atoms with Gasteiger partial charge in [-0.1, -0.05) is 163 Å². The number of ether oxygens (including phenoxy) is 2. The van der Waals surface area contributed by atoms with E-state index in [0.29, 0.717) is 0 Å². The van der Waals surface area contributed by atoms with Gasteiger partial charge in [-0.05, 0) is 159 Å². The first-order valence-corrected chi connectivity index (χ1v) is 27.9. The number of amides is 4. The number of imide groups is 2. The zero-order valence-electron chi connectivity index (χ0n) is 46.2. The van der Waals surface area contributed by atoms with Crippen molar-refractivity contribution in [2.45, 2.75) is 78.1 Å². The largest absolute Gasteiger partial charge is 0.424 e. The maximum Gasteiger partial charge on any atom is 0.315 e. The first-order valence-electron chi connectivity index (χ1n) is 27.9. The molecular formula is C72H54N2O8. The van der Waals surface area contributed by atoms with Gasteiger partial charge >= 0.3 is 11.9 Å². The molecular weight excluding hydrogens is 1020 g/mol. The molecule has 14 rings (SSSR count). The smallest absolute Gasteiger partial charge is 0.315 e. The first kappa shape index (κ1) is 50.4. The maximum absolute atomic E-state index is 15.2. The van der Waals surface area contributed by atoms with Crippen molar-refractivity contribution >= 4 is 122 Å². The summed E-state index contributed by atoms with van der Waals surface area (Å²) in [5.41, 5.74) is 2.89. The van der Waals surface area contributed by atoms with Gasteiger partial charge in [0.15, 0.2) is 11.5 Å². The second-order valence-corrected chi connectivity index (χ2v) is 23.3. The van der Waals surface area contributed by atoms with Gasteiger partial charge < -0.3 is 9.47 Å². The van der Waals surface area contributed by atoms with Gasteiger partial charge in [0.05, 0.1) is 24.2 Å². The second kappa shape index (κ2) is 18.4. The van der Waals surface area contributed by atoms with Crippen molar-refractivity contribution in [1.29, 1.82) is 0 Å². The Balaban J connectivity index is 0.804. The lowest BCUT2D eigenvalue weighted by molar-refractivity contribution is -0.134. The highest BCUT2D eigenvalue weighted by molar-refractivity contribution is 6.42. The van der Waals surface area contributed by atoms with Crippen molar-refractivity contribution in [3.8, 4) is 11.5 Å². The topological polar surface area (TPSA) is 127 Å². The summed E-state index contributed by atoms with van der Waals surface area (Å²) in [5, 5.41) is 13.1. The van der Waals surface area contributed by atoms with E-state index < -0.39 is 46.4 Å². The van der Waals surface area contributed by atoms with E-state index in [-0.39, 0.29) is 68.7 Å². The lowest BCUT2D eigenvalue weighted by atomic mass is 9.81. The summed E-state index contributed by atoms with van der Waals surface area (Å²) in [6.45, 7) is 12.3. The van der Waals surface area contributed by atoms with E-state index in [9.17, 15) is 9.59 Å². The van der Waals surface area contributed by atoms with Crippen molar-refractivity contribution in [3.63, 3.8) is 0 Å². The normalized spacial score (nSPS) is 13.8. The summed E-state index contributed by atoms with van der Waals surface area (Å²) >= 11 is 0. The average molecular weight is 1080 g/mol. The minimum atomic E-state index is -0.715. The van der Waals surface area contributed by atoms with Gasteiger partial charge in [0.1, 0.15) is 0 Å². The number of anilines is 2. The predicted octanol–water partition coefficient (Wildman–Crippen LogP) is 15.9. The van der Waals surface area contributed by atoms with Gasteiger partial charge in [-0.25, -0.2) is 9.80 Å². The number of carbonyl (C=O) groups is 6. The molecule has 10 heteroatoms. The van der Waals surface area contributed by atoms with Crippen LogP contribution in [-0.4, -0.2) is 35.6 Å². The third kappa shape index (κ3) is 7.61. The predicted molar refractivity (Wildman–Crippen MR) is 325 cm³/mol. The fourth-order valence-electron chi connectivity index (χ4n) is 12.6. The number of carbonyl (C=O) groups excluding carboxylic acids is 6. The van der Waals surface area contributed by atoms with Crippen molar-refractivity contribution in [2.24, 2.45) is 0 Å². The molecule has 0 radical (unpaired) electrons. The molecule has 10 nitrogen and oxygen atoms in total. The first-order chi connectivity index (χ1) is 39.5. The Labute approximate surface area is 472 Å². The van der Waals surface area contributed by atoms with Crippen molar-refractivity contribution in [1.82, 2.24) is 0 Å². The standard InChI is InChI=1S/C72H54N2O8/c1-7-71(3,4)47-25-33-57(81-59(75)35-45-21-19-43-17-15-39-11-9-13-41-23-27-49(45)63(43)61(39)41)55(37-47)73-67(77)51-29-31-53-66-54(32-30-52(65(51)66)68(73)78)70(80)74(69(53)79)56-38-48(72(5,6)8-2)26-34-58(56)82-60(76)36-46-22-20-44-18-16-40-12-10-14-42-24-28-50(46)64(44)62(40)42/h9-34,37-38H,7-8,35-36H2,1-6H3. The van der Waals surface area contributed by atoms with Crippen LogP contribution in [0.25, 0.3) is 75.4 Å². The fourth-order valence-corrected chi connectivity index (χ4v) is 12.6. The molecule has 0 aromatic heterocycles. The van der Waals surface area contributed by atoms with E-state index in [1.807, 2.05) is 74.5 Å². The zero-order valence-corrected chi connectivity index (χ0v) is 46.2. The zero-order chi connectivity index (χ0) is 56.7. The van der Waals surface area contributed by atoms with Crippen molar-refractivity contribution < 1.29 is 38.2 Å².